The fraction of sp³-hybridized carbons (Fsp3) is 0.107. The van der Waals surface area contributed by atoms with Crippen LogP contribution in [0.3, 0.4) is 0 Å². The number of benzene rings is 3. The minimum absolute atomic E-state index is 0.0137. The highest BCUT2D eigenvalue weighted by molar-refractivity contribution is 6.37. The summed E-state index contributed by atoms with van der Waals surface area (Å²) < 4.78 is 10.0. The Morgan fingerprint density at radius 1 is 0.806 bits per heavy atom. The van der Waals surface area contributed by atoms with Gasteiger partial charge in [-0.1, -0.05) is 30.3 Å². The van der Waals surface area contributed by atoms with E-state index in [9.17, 15) is 19.2 Å². The second kappa shape index (κ2) is 9.07. The van der Waals surface area contributed by atoms with Crippen molar-refractivity contribution in [1.29, 1.82) is 0 Å². The summed E-state index contributed by atoms with van der Waals surface area (Å²) in [4.78, 5) is 56.1. The quantitative estimate of drug-likeness (QED) is 0.306. The number of hydrogen-bond donors (Lipinski definition) is 0. The van der Waals surface area contributed by atoms with Gasteiger partial charge in [0.15, 0.2) is 0 Å². The maximum absolute atomic E-state index is 13.3. The molecule has 8 nitrogen and oxygen atoms in total. The number of anilines is 1. The lowest BCUT2D eigenvalue weighted by Gasteiger charge is -2.14. The van der Waals surface area contributed by atoms with Gasteiger partial charge in [-0.05, 0) is 55.0 Å². The summed E-state index contributed by atoms with van der Waals surface area (Å²) in [6.07, 6.45) is 0. The van der Waals surface area contributed by atoms with Crippen LogP contribution in [0.15, 0.2) is 72.8 Å². The van der Waals surface area contributed by atoms with Gasteiger partial charge >= 0.3 is 11.9 Å². The molecule has 0 aliphatic carbocycles. The lowest BCUT2D eigenvalue weighted by Crippen LogP contribution is -2.29. The van der Waals surface area contributed by atoms with Crippen LogP contribution in [0.25, 0.3) is 10.9 Å². The molecular formula is C28H20N2O6. The van der Waals surface area contributed by atoms with E-state index in [1.165, 1.54) is 31.4 Å². The highest BCUT2D eigenvalue weighted by atomic mass is 16.5. The van der Waals surface area contributed by atoms with Crippen molar-refractivity contribution < 1.29 is 28.7 Å². The van der Waals surface area contributed by atoms with Crippen LogP contribution in [-0.4, -0.2) is 35.8 Å². The molecular weight excluding hydrogens is 460 g/mol. The SMILES string of the molecule is COC(=O)c1ccc(COC(=O)c2ccc(N3C(=O)c4c(C)nc5ccccc5c4C3=O)cc2)cc1. The van der Waals surface area contributed by atoms with E-state index in [1.807, 2.05) is 6.07 Å². The lowest BCUT2D eigenvalue weighted by atomic mass is 10.0. The Morgan fingerprint density at radius 3 is 2.11 bits per heavy atom. The number of carbonyl (C=O) groups is 4. The van der Waals surface area contributed by atoms with Crippen LogP contribution in [0.5, 0.6) is 0 Å². The summed E-state index contributed by atoms with van der Waals surface area (Å²) in [7, 11) is 1.30. The van der Waals surface area contributed by atoms with E-state index in [0.717, 1.165) is 4.90 Å². The van der Waals surface area contributed by atoms with E-state index in [1.54, 1.807) is 49.4 Å². The molecule has 0 spiro atoms. The fourth-order valence-electron chi connectivity index (χ4n) is 4.20. The van der Waals surface area contributed by atoms with Crippen molar-refractivity contribution in [2.75, 3.05) is 12.0 Å². The predicted octanol–water partition coefficient (Wildman–Crippen LogP) is 4.49. The van der Waals surface area contributed by atoms with Gasteiger partial charge in [-0.3, -0.25) is 14.6 Å². The van der Waals surface area contributed by atoms with Crippen LogP contribution >= 0.6 is 0 Å². The van der Waals surface area contributed by atoms with Gasteiger partial charge in [0.05, 0.1) is 46.3 Å². The summed E-state index contributed by atoms with van der Waals surface area (Å²) in [5.41, 5.74) is 3.49. The summed E-state index contributed by atoms with van der Waals surface area (Å²) in [5.74, 6) is -1.89. The molecule has 0 bridgehead atoms. The molecule has 0 unspecified atom stereocenters. The van der Waals surface area contributed by atoms with Gasteiger partial charge in [0, 0.05) is 5.39 Å². The Hall–Kier alpha value is -4.85. The third-order valence-electron chi connectivity index (χ3n) is 6.01. The summed E-state index contributed by atoms with van der Waals surface area (Å²) >= 11 is 0. The molecule has 2 amide bonds. The smallest absolute Gasteiger partial charge is 0.338 e. The molecule has 2 heterocycles. The van der Waals surface area contributed by atoms with Crippen LogP contribution in [0.1, 0.15) is 52.7 Å². The second-order valence-corrected chi connectivity index (χ2v) is 8.22. The highest BCUT2D eigenvalue weighted by Gasteiger charge is 2.40. The van der Waals surface area contributed by atoms with Crippen molar-refractivity contribution in [3.63, 3.8) is 0 Å². The molecule has 5 rings (SSSR count). The molecule has 0 saturated carbocycles. The van der Waals surface area contributed by atoms with Crippen molar-refractivity contribution in [1.82, 2.24) is 4.98 Å². The zero-order valence-corrected chi connectivity index (χ0v) is 19.5. The maximum atomic E-state index is 13.3. The first-order chi connectivity index (χ1) is 17.4. The number of para-hydroxylation sites is 1. The van der Waals surface area contributed by atoms with Crippen molar-refractivity contribution in [2.24, 2.45) is 0 Å². The van der Waals surface area contributed by atoms with Gasteiger partial charge in [0.1, 0.15) is 6.61 Å². The third-order valence-corrected chi connectivity index (χ3v) is 6.01. The number of amides is 2. The Balaban J connectivity index is 1.32. The van der Waals surface area contributed by atoms with Crippen LogP contribution in [0.2, 0.25) is 0 Å². The first-order valence-electron chi connectivity index (χ1n) is 11.1. The first kappa shape index (κ1) is 22.9. The molecule has 178 valence electrons. The predicted molar refractivity (Wildman–Crippen MR) is 131 cm³/mol. The van der Waals surface area contributed by atoms with E-state index >= 15 is 0 Å². The topological polar surface area (TPSA) is 103 Å². The van der Waals surface area contributed by atoms with E-state index in [2.05, 4.69) is 9.72 Å². The number of aryl methyl sites for hydroxylation is 1. The number of ether oxygens (including phenoxy) is 2. The molecule has 0 saturated heterocycles. The first-order valence-corrected chi connectivity index (χ1v) is 11.1. The maximum Gasteiger partial charge on any atom is 0.338 e. The number of esters is 2. The normalized spacial score (nSPS) is 12.6. The van der Waals surface area contributed by atoms with Crippen LogP contribution in [0.4, 0.5) is 5.69 Å². The van der Waals surface area contributed by atoms with Crippen molar-refractivity contribution in [3.8, 4) is 0 Å². The van der Waals surface area contributed by atoms with Crippen LogP contribution in [-0.2, 0) is 16.1 Å². The number of hydrogen-bond acceptors (Lipinski definition) is 7. The molecule has 1 aliphatic heterocycles. The Bertz CT molecular complexity index is 1540. The number of imide groups is 1. The number of fused-ring (bicyclic) bond motifs is 3. The molecule has 1 aliphatic rings. The minimum atomic E-state index is -0.563. The van der Waals surface area contributed by atoms with Crippen molar-refractivity contribution in [2.45, 2.75) is 13.5 Å². The van der Waals surface area contributed by atoms with E-state index < -0.39 is 23.8 Å². The van der Waals surface area contributed by atoms with Crippen molar-refractivity contribution in [3.05, 3.63) is 106 Å². The van der Waals surface area contributed by atoms with Gasteiger partial charge in [-0.2, -0.15) is 0 Å². The van der Waals surface area contributed by atoms with E-state index in [-0.39, 0.29) is 12.2 Å². The molecule has 0 atom stereocenters. The molecule has 1 aromatic heterocycles. The second-order valence-electron chi connectivity index (χ2n) is 8.22. The largest absolute Gasteiger partial charge is 0.465 e. The van der Waals surface area contributed by atoms with Gasteiger partial charge in [0.2, 0.25) is 0 Å². The molecule has 4 aromatic rings. The van der Waals surface area contributed by atoms with E-state index in [0.29, 0.717) is 44.5 Å². The standard InChI is InChI=1S/C28H20N2O6/c1-16-23-24(21-5-3-4-6-22(21)29-16)26(32)30(25(23)31)20-13-11-19(12-14-20)28(34)36-15-17-7-9-18(10-8-17)27(33)35-2/h3-14H,15H2,1-2H3. The van der Waals surface area contributed by atoms with E-state index in [4.69, 9.17) is 4.74 Å². The average molecular weight is 480 g/mol. The van der Waals surface area contributed by atoms with Gasteiger partial charge in [0.25, 0.3) is 11.8 Å². The molecule has 3 aromatic carbocycles. The van der Waals surface area contributed by atoms with Gasteiger partial charge in [-0.15, -0.1) is 0 Å². The number of methoxy groups -OCH3 is 1. The fourth-order valence-corrected chi connectivity index (χ4v) is 4.20. The summed E-state index contributed by atoms with van der Waals surface area (Å²) in [6, 6.07) is 19.8. The number of carbonyl (C=O) groups excluding carboxylic acids is 4. The zero-order valence-electron chi connectivity index (χ0n) is 19.5. The monoisotopic (exact) mass is 480 g/mol. The molecule has 0 N–H and O–H groups in total. The highest BCUT2D eigenvalue weighted by Crippen LogP contribution is 2.34. The Labute approximate surface area is 206 Å². The number of aromatic nitrogens is 1. The minimum Gasteiger partial charge on any atom is -0.465 e. The van der Waals surface area contributed by atoms with Crippen molar-refractivity contribution >= 4 is 40.3 Å². The third kappa shape index (κ3) is 3.88. The number of nitrogens with zero attached hydrogens (tertiary/aromatic N) is 2. The Morgan fingerprint density at radius 2 is 1.42 bits per heavy atom. The molecule has 8 heteroatoms. The summed E-state index contributed by atoms with van der Waals surface area (Å²) in [5, 5.41) is 0.624. The van der Waals surface area contributed by atoms with Crippen LogP contribution in [0, 0.1) is 6.92 Å². The van der Waals surface area contributed by atoms with Crippen LogP contribution < -0.4 is 4.90 Å². The number of pyridine rings is 1. The number of rotatable bonds is 5. The summed E-state index contributed by atoms with van der Waals surface area (Å²) in [6.45, 7) is 1.72. The average Bonchev–Trinajstić information content (AvgIpc) is 3.18. The lowest BCUT2D eigenvalue weighted by molar-refractivity contribution is 0.0471. The molecule has 36 heavy (non-hydrogen) atoms. The van der Waals surface area contributed by atoms with Gasteiger partial charge < -0.3 is 9.47 Å². The van der Waals surface area contributed by atoms with Gasteiger partial charge in [-0.25, -0.2) is 14.5 Å². The molecule has 0 radical (unpaired) electrons. The molecule has 0 fully saturated rings. The zero-order chi connectivity index (χ0) is 25.4. The Kier molecular flexibility index (Phi) is 5.77.